The number of nitrogens with zero attached hydrogens (tertiary/aromatic N) is 6. The summed E-state index contributed by atoms with van der Waals surface area (Å²) in [6, 6.07) is 0.374. The van der Waals surface area contributed by atoms with Gasteiger partial charge in [-0.1, -0.05) is 11.8 Å². The van der Waals surface area contributed by atoms with Crippen LogP contribution in [0.1, 0.15) is 42.1 Å². The summed E-state index contributed by atoms with van der Waals surface area (Å²) in [4.78, 5) is 39.3. The Hall–Kier alpha value is -2.56. The van der Waals surface area contributed by atoms with Crippen molar-refractivity contribution in [2.75, 3.05) is 29.5 Å². The first-order valence-corrected chi connectivity index (χ1v) is 10.3. The Balaban J connectivity index is 1.58. The van der Waals surface area contributed by atoms with Crippen LogP contribution in [0.2, 0.25) is 0 Å². The molecule has 0 aromatic carbocycles. The summed E-state index contributed by atoms with van der Waals surface area (Å²) in [6.07, 6.45) is 4.45. The van der Waals surface area contributed by atoms with Crippen LogP contribution in [-0.2, 0) is 14.1 Å². The predicted octanol–water partition coefficient (Wildman–Crippen LogP) is 0.168. The van der Waals surface area contributed by atoms with Gasteiger partial charge in [-0.15, -0.1) is 10.2 Å². The number of carbonyl (C=O) groups excluding carboxylic acids is 1. The Morgan fingerprint density at radius 2 is 1.82 bits per heavy atom. The maximum atomic E-state index is 12.7. The number of hydrogen-bond donors (Lipinski definition) is 1. The van der Waals surface area contributed by atoms with Crippen molar-refractivity contribution in [3.63, 3.8) is 0 Å². The fraction of sp³-hybridized carbons (Fsp3) is 0.588. The molecule has 2 N–H and O–H groups in total. The van der Waals surface area contributed by atoms with Gasteiger partial charge in [0, 0.05) is 33.2 Å². The van der Waals surface area contributed by atoms with Crippen LogP contribution < -0.4 is 21.9 Å². The minimum atomic E-state index is -0.674. The predicted molar refractivity (Wildman–Crippen MR) is 106 cm³/mol. The second-order valence-electron chi connectivity index (χ2n) is 7.26. The maximum absolute atomic E-state index is 12.7. The van der Waals surface area contributed by atoms with Crippen LogP contribution in [0.3, 0.4) is 0 Å². The zero-order valence-corrected chi connectivity index (χ0v) is 16.7. The second-order valence-corrected chi connectivity index (χ2v) is 8.20. The van der Waals surface area contributed by atoms with Crippen LogP contribution in [0.4, 0.5) is 11.8 Å². The summed E-state index contributed by atoms with van der Waals surface area (Å²) in [7, 11) is 2.77. The molecule has 10 nitrogen and oxygen atoms in total. The molecule has 3 heterocycles. The minimum Gasteiger partial charge on any atom is -0.384 e. The number of Topliss-reactive ketones (excluding diaryl/α,β-unsaturated/α-hetero) is 1. The molecule has 0 amide bonds. The molecule has 1 saturated heterocycles. The third kappa shape index (κ3) is 3.13. The number of nitrogens with two attached hydrogens (primary N) is 1. The maximum Gasteiger partial charge on any atom is 0.332 e. The number of aromatic nitrogens is 5. The zero-order valence-electron chi connectivity index (χ0n) is 15.9. The number of nitrogen functional groups attached to an aromatic ring is 1. The van der Waals surface area contributed by atoms with E-state index in [-0.39, 0.29) is 17.1 Å². The lowest BCUT2D eigenvalue weighted by Crippen LogP contribution is -2.41. The van der Waals surface area contributed by atoms with Crippen LogP contribution in [0, 0.1) is 0 Å². The van der Waals surface area contributed by atoms with Crippen molar-refractivity contribution in [3.8, 4) is 0 Å². The van der Waals surface area contributed by atoms with Gasteiger partial charge in [-0.05, 0) is 25.7 Å². The first-order chi connectivity index (χ1) is 13.4. The molecule has 2 aliphatic rings. The van der Waals surface area contributed by atoms with E-state index < -0.39 is 17.0 Å². The standard InChI is InChI=1S/C17H23N7O3S/c1-21-13(18)12(14(26)22(2)17(21)27)11(25)9-28-16-20-19-15(23-7-3-4-8-23)24(16)10-5-6-10/h10H,3-9,18H2,1-2H3. The molecule has 1 saturated carbocycles. The molecule has 0 spiro atoms. The highest BCUT2D eigenvalue weighted by molar-refractivity contribution is 7.99. The molecule has 2 aromatic rings. The Bertz CT molecular complexity index is 1040. The molecule has 1 aliphatic carbocycles. The molecule has 2 fully saturated rings. The first kappa shape index (κ1) is 18.8. The number of rotatable bonds is 6. The smallest absolute Gasteiger partial charge is 0.332 e. The Labute approximate surface area is 165 Å². The lowest BCUT2D eigenvalue weighted by Gasteiger charge is -2.18. The highest BCUT2D eigenvalue weighted by Gasteiger charge is 2.32. The van der Waals surface area contributed by atoms with Gasteiger partial charge in [-0.2, -0.15) is 0 Å². The van der Waals surface area contributed by atoms with Crippen molar-refractivity contribution in [2.45, 2.75) is 36.9 Å². The average molecular weight is 405 g/mol. The van der Waals surface area contributed by atoms with Crippen molar-refractivity contribution < 1.29 is 4.79 Å². The van der Waals surface area contributed by atoms with E-state index in [1.807, 2.05) is 0 Å². The molecule has 1 aliphatic heterocycles. The van der Waals surface area contributed by atoms with Crippen molar-refractivity contribution in [1.82, 2.24) is 23.9 Å². The molecule has 150 valence electrons. The average Bonchev–Trinajstić information content (AvgIpc) is 3.20. The fourth-order valence-electron chi connectivity index (χ4n) is 3.48. The molecule has 0 radical (unpaired) electrons. The topological polar surface area (TPSA) is 121 Å². The third-order valence-electron chi connectivity index (χ3n) is 5.27. The summed E-state index contributed by atoms with van der Waals surface area (Å²) in [5.41, 5.74) is 4.49. The molecule has 2 aromatic heterocycles. The Morgan fingerprint density at radius 1 is 1.14 bits per heavy atom. The van der Waals surface area contributed by atoms with E-state index >= 15 is 0 Å². The van der Waals surface area contributed by atoms with E-state index in [0.717, 1.165) is 53.9 Å². The van der Waals surface area contributed by atoms with Gasteiger partial charge in [-0.3, -0.25) is 23.3 Å². The van der Waals surface area contributed by atoms with Crippen LogP contribution in [0.25, 0.3) is 0 Å². The second kappa shape index (κ2) is 7.12. The summed E-state index contributed by atoms with van der Waals surface area (Å²) >= 11 is 1.25. The van der Waals surface area contributed by atoms with Crippen molar-refractivity contribution in [3.05, 3.63) is 26.4 Å². The van der Waals surface area contributed by atoms with Gasteiger partial charge in [0.2, 0.25) is 5.95 Å². The summed E-state index contributed by atoms with van der Waals surface area (Å²) in [5, 5.41) is 9.33. The van der Waals surface area contributed by atoms with Gasteiger partial charge in [0.1, 0.15) is 11.4 Å². The van der Waals surface area contributed by atoms with Crippen molar-refractivity contribution in [1.29, 1.82) is 0 Å². The van der Waals surface area contributed by atoms with E-state index in [4.69, 9.17) is 5.73 Å². The monoisotopic (exact) mass is 405 g/mol. The largest absolute Gasteiger partial charge is 0.384 e. The van der Waals surface area contributed by atoms with Gasteiger partial charge in [-0.25, -0.2) is 4.79 Å². The summed E-state index contributed by atoms with van der Waals surface area (Å²) < 4.78 is 4.12. The van der Waals surface area contributed by atoms with Crippen LogP contribution >= 0.6 is 11.8 Å². The van der Waals surface area contributed by atoms with E-state index in [1.165, 1.54) is 25.9 Å². The first-order valence-electron chi connectivity index (χ1n) is 9.31. The molecule has 0 unspecified atom stereocenters. The minimum absolute atomic E-state index is 0.00248. The quantitative estimate of drug-likeness (QED) is 0.533. The number of ketones is 1. The number of thioether (sulfide) groups is 1. The van der Waals surface area contributed by atoms with E-state index in [2.05, 4.69) is 19.7 Å². The molecule has 11 heteroatoms. The fourth-order valence-corrected chi connectivity index (χ4v) is 4.35. The zero-order chi connectivity index (χ0) is 20.0. The molecular formula is C17H23N7O3S. The van der Waals surface area contributed by atoms with Gasteiger partial charge in [0.25, 0.3) is 5.56 Å². The molecular weight excluding hydrogens is 382 g/mol. The van der Waals surface area contributed by atoms with Crippen LogP contribution in [0.15, 0.2) is 14.7 Å². The van der Waals surface area contributed by atoms with E-state index in [9.17, 15) is 14.4 Å². The highest BCUT2D eigenvalue weighted by Crippen LogP contribution is 2.41. The van der Waals surface area contributed by atoms with E-state index in [0.29, 0.717) is 11.2 Å². The number of anilines is 2. The van der Waals surface area contributed by atoms with Crippen molar-refractivity contribution in [2.24, 2.45) is 14.1 Å². The van der Waals surface area contributed by atoms with E-state index in [1.54, 1.807) is 0 Å². The Kier molecular flexibility index (Phi) is 4.77. The summed E-state index contributed by atoms with van der Waals surface area (Å²) in [6.45, 7) is 1.94. The molecule has 0 bridgehead atoms. The highest BCUT2D eigenvalue weighted by atomic mass is 32.2. The van der Waals surface area contributed by atoms with Gasteiger partial charge >= 0.3 is 5.69 Å². The SMILES string of the molecule is Cn1c(N)c(C(=O)CSc2nnc(N3CCCC3)n2C2CC2)c(=O)n(C)c1=O. The number of carbonyl (C=O) groups is 1. The Morgan fingerprint density at radius 3 is 2.46 bits per heavy atom. The van der Waals surface area contributed by atoms with Gasteiger partial charge in [0.15, 0.2) is 10.9 Å². The van der Waals surface area contributed by atoms with Crippen LogP contribution in [-0.4, -0.2) is 48.5 Å². The lowest BCUT2D eigenvalue weighted by atomic mass is 10.2. The van der Waals surface area contributed by atoms with Gasteiger partial charge < -0.3 is 10.6 Å². The molecule has 28 heavy (non-hydrogen) atoms. The molecule has 4 rings (SSSR count). The molecule has 0 atom stereocenters. The third-order valence-corrected chi connectivity index (χ3v) is 6.21. The number of hydrogen-bond acceptors (Lipinski definition) is 8. The summed E-state index contributed by atoms with van der Waals surface area (Å²) in [5.74, 6) is 0.335. The van der Waals surface area contributed by atoms with Crippen LogP contribution in [0.5, 0.6) is 0 Å². The lowest BCUT2D eigenvalue weighted by molar-refractivity contribution is 0.102. The normalized spacial score (nSPS) is 16.7. The van der Waals surface area contributed by atoms with Crippen molar-refractivity contribution >= 4 is 29.3 Å². The van der Waals surface area contributed by atoms with Gasteiger partial charge in [0.05, 0.1) is 5.75 Å².